The van der Waals surface area contributed by atoms with Crippen LogP contribution in [0.2, 0.25) is 0 Å². The molecule has 2 aromatic rings. The van der Waals surface area contributed by atoms with Crippen LogP contribution in [0.5, 0.6) is 0 Å². The molecule has 3 saturated heterocycles. The summed E-state index contributed by atoms with van der Waals surface area (Å²) in [5, 5.41) is 4.29. The SMILES string of the molecule is O=C(c1ccccc1-n1cccn1)N1CC2CCC(C1)N(CC1CCC1)C2=O. The highest BCUT2D eigenvalue weighted by Crippen LogP contribution is 2.34. The molecule has 0 radical (unpaired) electrons. The van der Waals surface area contributed by atoms with Crippen molar-refractivity contribution in [1.82, 2.24) is 19.6 Å². The fourth-order valence-corrected chi connectivity index (χ4v) is 4.84. The zero-order chi connectivity index (χ0) is 19.1. The number of carbonyl (C=O) groups is 2. The molecule has 28 heavy (non-hydrogen) atoms. The number of rotatable bonds is 4. The molecule has 1 aliphatic carbocycles. The molecular weight excluding hydrogens is 352 g/mol. The van der Waals surface area contributed by atoms with Crippen molar-refractivity contribution in [3.8, 4) is 5.69 Å². The minimum absolute atomic E-state index is 0.00120. The molecule has 0 N–H and O–H groups in total. The molecule has 4 heterocycles. The monoisotopic (exact) mass is 378 g/mol. The lowest BCUT2D eigenvalue weighted by Gasteiger charge is -2.40. The Labute approximate surface area is 165 Å². The van der Waals surface area contributed by atoms with Crippen LogP contribution >= 0.6 is 0 Å². The van der Waals surface area contributed by atoms with Crippen LogP contribution in [-0.4, -0.2) is 57.1 Å². The van der Waals surface area contributed by atoms with Crippen molar-refractivity contribution in [1.29, 1.82) is 0 Å². The Bertz CT molecular complexity index is 874. The van der Waals surface area contributed by atoms with Gasteiger partial charge in [-0.15, -0.1) is 0 Å². The first-order chi connectivity index (χ1) is 13.7. The second-order valence-electron chi connectivity index (χ2n) is 8.39. The Morgan fingerprint density at radius 1 is 1.07 bits per heavy atom. The average molecular weight is 378 g/mol. The summed E-state index contributed by atoms with van der Waals surface area (Å²) in [5.74, 6) is 0.868. The summed E-state index contributed by atoms with van der Waals surface area (Å²) in [7, 11) is 0. The van der Waals surface area contributed by atoms with Gasteiger partial charge in [0.1, 0.15) is 0 Å². The third kappa shape index (κ3) is 3.01. The van der Waals surface area contributed by atoms with E-state index < -0.39 is 0 Å². The summed E-state index contributed by atoms with van der Waals surface area (Å²) in [4.78, 5) is 30.5. The Hall–Kier alpha value is -2.63. The fourth-order valence-electron chi connectivity index (χ4n) is 4.84. The van der Waals surface area contributed by atoms with E-state index >= 15 is 0 Å². The summed E-state index contributed by atoms with van der Waals surface area (Å²) < 4.78 is 1.73. The molecule has 4 fully saturated rings. The van der Waals surface area contributed by atoms with Crippen molar-refractivity contribution in [2.75, 3.05) is 19.6 Å². The van der Waals surface area contributed by atoms with E-state index in [0.29, 0.717) is 24.6 Å². The lowest BCUT2D eigenvalue weighted by Crippen LogP contribution is -2.50. The maximum Gasteiger partial charge on any atom is 0.256 e. The number of nitrogens with zero attached hydrogens (tertiary/aromatic N) is 4. The molecule has 2 bridgehead atoms. The van der Waals surface area contributed by atoms with Gasteiger partial charge in [0.2, 0.25) is 5.91 Å². The van der Waals surface area contributed by atoms with Crippen LogP contribution < -0.4 is 0 Å². The topological polar surface area (TPSA) is 58.4 Å². The quantitative estimate of drug-likeness (QED) is 0.822. The van der Waals surface area contributed by atoms with Gasteiger partial charge in [0.05, 0.1) is 17.2 Å². The number of hydrogen-bond donors (Lipinski definition) is 0. The van der Waals surface area contributed by atoms with Gasteiger partial charge < -0.3 is 9.80 Å². The van der Waals surface area contributed by atoms with Crippen LogP contribution in [-0.2, 0) is 4.79 Å². The van der Waals surface area contributed by atoms with Crippen LogP contribution in [0.4, 0.5) is 0 Å². The first-order valence-corrected chi connectivity index (χ1v) is 10.4. The molecule has 2 amide bonds. The van der Waals surface area contributed by atoms with Gasteiger partial charge in [-0.05, 0) is 49.8 Å². The van der Waals surface area contributed by atoms with Gasteiger partial charge in [0.15, 0.2) is 0 Å². The van der Waals surface area contributed by atoms with E-state index in [-0.39, 0.29) is 23.8 Å². The molecule has 6 nitrogen and oxygen atoms in total. The van der Waals surface area contributed by atoms with E-state index in [1.54, 1.807) is 10.9 Å². The molecule has 2 atom stereocenters. The fraction of sp³-hybridized carbons (Fsp3) is 0.500. The van der Waals surface area contributed by atoms with Gasteiger partial charge in [0, 0.05) is 38.1 Å². The number of piperidine rings is 1. The number of carbonyl (C=O) groups excluding carboxylic acids is 2. The Kier molecular flexibility index (Phi) is 4.41. The number of benzene rings is 1. The molecule has 4 aliphatic rings. The van der Waals surface area contributed by atoms with Crippen LogP contribution in [0.1, 0.15) is 42.5 Å². The molecule has 2 unspecified atom stereocenters. The predicted molar refractivity (Wildman–Crippen MR) is 105 cm³/mol. The van der Waals surface area contributed by atoms with Crippen molar-refractivity contribution >= 4 is 11.8 Å². The first-order valence-electron chi connectivity index (χ1n) is 10.4. The van der Waals surface area contributed by atoms with Gasteiger partial charge in [-0.25, -0.2) is 4.68 Å². The van der Waals surface area contributed by atoms with E-state index in [9.17, 15) is 9.59 Å². The van der Waals surface area contributed by atoms with Gasteiger partial charge >= 0.3 is 0 Å². The maximum atomic E-state index is 13.4. The highest BCUT2D eigenvalue weighted by Gasteiger charge is 2.43. The average Bonchev–Trinajstić information content (AvgIpc) is 3.08. The smallest absolute Gasteiger partial charge is 0.256 e. The summed E-state index contributed by atoms with van der Waals surface area (Å²) in [6.07, 6.45) is 9.23. The highest BCUT2D eigenvalue weighted by atomic mass is 16.2. The molecular formula is C22H26N4O2. The lowest BCUT2D eigenvalue weighted by molar-refractivity contribution is -0.141. The Balaban J connectivity index is 1.40. The van der Waals surface area contributed by atoms with Crippen molar-refractivity contribution in [3.63, 3.8) is 0 Å². The highest BCUT2D eigenvalue weighted by molar-refractivity contribution is 5.98. The third-order valence-corrected chi connectivity index (χ3v) is 6.65. The number of fused-ring (bicyclic) bond motifs is 4. The number of para-hydroxylation sites is 1. The van der Waals surface area contributed by atoms with E-state index in [1.807, 2.05) is 41.4 Å². The standard InChI is InChI=1S/C22H26N4O2/c27-21-17-9-10-18(25(21)13-16-5-3-6-16)15-24(14-17)22(28)19-7-1-2-8-20(19)26-12-4-11-23-26/h1-2,4,7-8,11-12,16-18H,3,5-6,9-10,13-15H2. The van der Waals surface area contributed by atoms with Crippen LogP contribution in [0.15, 0.2) is 42.7 Å². The second-order valence-corrected chi connectivity index (χ2v) is 8.39. The summed E-state index contributed by atoms with van der Waals surface area (Å²) in [6.45, 7) is 2.05. The maximum absolute atomic E-state index is 13.4. The largest absolute Gasteiger partial charge is 0.337 e. The van der Waals surface area contributed by atoms with Crippen molar-refractivity contribution in [2.45, 2.75) is 38.1 Å². The van der Waals surface area contributed by atoms with E-state index in [4.69, 9.17) is 0 Å². The van der Waals surface area contributed by atoms with E-state index in [2.05, 4.69) is 10.00 Å². The van der Waals surface area contributed by atoms with Gasteiger partial charge in [-0.1, -0.05) is 18.6 Å². The lowest BCUT2D eigenvalue weighted by atomic mass is 9.83. The molecule has 1 aromatic heterocycles. The summed E-state index contributed by atoms with van der Waals surface area (Å²) in [6, 6.07) is 9.60. The zero-order valence-electron chi connectivity index (χ0n) is 16.0. The van der Waals surface area contributed by atoms with Crippen molar-refractivity contribution in [2.24, 2.45) is 11.8 Å². The Morgan fingerprint density at radius 2 is 1.93 bits per heavy atom. The molecule has 6 heteroatoms. The minimum Gasteiger partial charge on any atom is -0.337 e. The van der Waals surface area contributed by atoms with Crippen LogP contribution in [0.25, 0.3) is 5.69 Å². The van der Waals surface area contributed by atoms with E-state index in [0.717, 1.165) is 25.1 Å². The molecule has 0 spiro atoms. The molecule has 3 aliphatic heterocycles. The summed E-state index contributed by atoms with van der Waals surface area (Å²) in [5.41, 5.74) is 1.43. The number of aromatic nitrogens is 2. The van der Waals surface area contributed by atoms with Gasteiger partial charge in [-0.2, -0.15) is 5.10 Å². The second kappa shape index (κ2) is 7.08. The zero-order valence-corrected chi connectivity index (χ0v) is 16.0. The molecule has 146 valence electrons. The van der Waals surface area contributed by atoms with E-state index in [1.165, 1.54) is 19.3 Å². The molecule has 6 rings (SSSR count). The normalized spacial score (nSPS) is 24.9. The van der Waals surface area contributed by atoms with Crippen molar-refractivity contribution < 1.29 is 9.59 Å². The first kappa shape index (κ1) is 17.5. The minimum atomic E-state index is -0.0559. The van der Waals surface area contributed by atoms with Gasteiger partial charge in [0.25, 0.3) is 5.91 Å². The van der Waals surface area contributed by atoms with Crippen LogP contribution in [0, 0.1) is 11.8 Å². The van der Waals surface area contributed by atoms with Crippen LogP contribution in [0.3, 0.4) is 0 Å². The Morgan fingerprint density at radius 3 is 2.68 bits per heavy atom. The molecule has 1 aromatic carbocycles. The van der Waals surface area contributed by atoms with Crippen molar-refractivity contribution in [3.05, 3.63) is 48.3 Å². The number of amides is 2. The summed E-state index contributed by atoms with van der Waals surface area (Å²) >= 11 is 0. The molecule has 1 saturated carbocycles. The number of hydrogen-bond acceptors (Lipinski definition) is 3. The predicted octanol–water partition coefficient (Wildman–Crippen LogP) is 2.74. The third-order valence-electron chi connectivity index (χ3n) is 6.65. The van der Waals surface area contributed by atoms with Gasteiger partial charge in [-0.3, -0.25) is 9.59 Å².